The van der Waals surface area contributed by atoms with Crippen molar-refractivity contribution >= 4 is 23.6 Å². The van der Waals surface area contributed by atoms with Gasteiger partial charge in [-0.1, -0.05) is 12.1 Å². The zero-order valence-corrected chi connectivity index (χ0v) is 12.9. The van der Waals surface area contributed by atoms with Crippen LogP contribution in [0.15, 0.2) is 47.6 Å². The van der Waals surface area contributed by atoms with Crippen LogP contribution in [0.25, 0.3) is 0 Å². The third-order valence-corrected chi connectivity index (χ3v) is 3.84. The maximum absolute atomic E-state index is 12.0. The smallest absolute Gasteiger partial charge is 0.305 e. The van der Waals surface area contributed by atoms with Gasteiger partial charge >= 0.3 is 5.97 Å². The topological polar surface area (TPSA) is 84.2 Å². The molecule has 0 saturated carbocycles. The number of carboxylic acids is 1. The van der Waals surface area contributed by atoms with Crippen LogP contribution in [-0.4, -0.2) is 33.0 Å². The second kappa shape index (κ2) is 7.65. The summed E-state index contributed by atoms with van der Waals surface area (Å²) in [5.41, 5.74) is 0.772. The molecule has 22 heavy (non-hydrogen) atoms. The summed E-state index contributed by atoms with van der Waals surface area (Å²) in [5.74, 6) is -1.23. The van der Waals surface area contributed by atoms with Crippen LogP contribution in [0.3, 0.4) is 0 Å². The van der Waals surface area contributed by atoms with Gasteiger partial charge in [0, 0.05) is 17.3 Å². The Morgan fingerprint density at radius 3 is 2.64 bits per heavy atom. The van der Waals surface area contributed by atoms with E-state index in [0.717, 1.165) is 10.5 Å². The van der Waals surface area contributed by atoms with Crippen LogP contribution in [0.4, 0.5) is 0 Å². The van der Waals surface area contributed by atoms with E-state index in [4.69, 9.17) is 5.11 Å². The molecule has 0 bridgehead atoms. The standard InChI is InChI=1S/C15H17N3O3S/c1-22-12-5-3-11(4-6-12)13(9-15(20)21)17-14(19)10-18-8-2-7-16-18/h2-8,13H,9-10H2,1H3,(H,17,19)(H,20,21). The number of hydrogen-bond donors (Lipinski definition) is 2. The van der Waals surface area contributed by atoms with Crippen LogP contribution < -0.4 is 5.32 Å². The van der Waals surface area contributed by atoms with Crippen molar-refractivity contribution in [2.75, 3.05) is 6.26 Å². The molecule has 2 N–H and O–H groups in total. The van der Waals surface area contributed by atoms with Gasteiger partial charge in [0.25, 0.3) is 0 Å². The molecule has 0 aliphatic carbocycles. The molecule has 0 spiro atoms. The van der Waals surface area contributed by atoms with Gasteiger partial charge in [-0.05, 0) is 30.0 Å². The van der Waals surface area contributed by atoms with Gasteiger partial charge in [0.2, 0.25) is 5.91 Å². The van der Waals surface area contributed by atoms with E-state index in [1.165, 1.54) is 4.68 Å². The van der Waals surface area contributed by atoms with E-state index >= 15 is 0 Å². The molecule has 0 saturated heterocycles. The molecule has 1 atom stereocenters. The molecule has 1 aromatic heterocycles. The highest BCUT2D eigenvalue weighted by atomic mass is 32.2. The van der Waals surface area contributed by atoms with Gasteiger partial charge in [0.05, 0.1) is 12.5 Å². The monoisotopic (exact) mass is 319 g/mol. The molecule has 0 aliphatic rings. The van der Waals surface area contributed by atoms with E-state index in [9.17, 15) is 9.59 Å². The number of nitrogens with zero attached hydrogens (tertiary/aromatic N) is 2. The quantitative estimate of drug-likeness (QED) is 0.762. The Labute approximate surface area is 132 Å². The predicted octanol–water partition coefficient (Wildman–Crippen LogP) is 1.94. The van der Waals surface area contributed by atoms with Crippen LogP contribution in [0.5, 0.6) is 0 Å². The van der Waals surface area contributed by atoms with Gasteiger partial charge in [0.1, 0.15) is 6.54 Å². The molecule has 7 heteroatoms. The number of amides is 1. The summed E-state index contributed by atoms with van der Waals surface area (Å²) in [6.45, 7) is 0.0615. The molecule has 1 amide bonds. The highest BCUT2D eigenvalue weighted by Crippen LogP contribution is 2.21. The Balaban J connectivity index is 2.07. The van der Waals surface area contributed by atoms with Crippen LogP contribution in [0.2, 0.25) is 0 Å². The van der Waals surface area contributed by atoms with Crippen LogP contribution in [0.1, 0.15) is 18.0 Å². The van der Waals surface area contributed by atoms with Crippen LogP contribution in [0, 0.1) is 0 Å². The lowest BCUT2D eigenvalue weighted by molar-refractivity contribution is -0.137. The Morgan fingerprint density at radius 1 is 1.36 bits per heavy atom. The molecule has 1 heterocycles. The maximum atomic E-state index is 12.0. The molecule has 0 fully saturated rings. The van der Waals surface area contributed by atoms with E-state index in [1.54, 1.807) is 30.2 Å². The number of aromatic nitrogens is 2. The highest BCUT2D eigenvalue weighted by Gasteiger charge is 2.18. The van der Waals surface area contributed by atoms with E-state index in [-0.39, 0.29) is 18.9 Å². The van der Waals surface area contributed by atoms with Crippen molar-refractivity contribution in [2.24, 2.45) is 0 Å². The lowest BCUT2D eigenvalue weighted by Crippen LogP contribution is -2.33. The van der Waals surface area contributed by atoms with Crippen molar-refractivity contribution < 1.29 is 14.7 Å². The molecule has 0 radical (unpaired) electrons. The minimum Gasteiger partial charge on any atom is -0.481 e. The third kappa shape index (κ3) is 4.63. The summed E-state index contributed by atoms with van der Waals surface area (Å²) in [6.07, 6.45) is 5.07. The van der Waals surface area contributed by atoms with Gasteiger partial charge in [-0.15, -0.1) is 11.8 Å². The molecule has 1 aromatic carbocycles. The zero-order valence-electron chi connectivity index (χ0n) is 12.1. The molecule has 2 rings (SSSR count). The fraction of sp³-hybridized carbons (Fsp3) is 0.267. The zero-order chi connectivity index (χ0) is 15.9. The largest absolute Gasteiger partial charge is 0.481 e. The molecule has 0 aliphatic heterocycles. The summed E-state index contributed by atoms with van der Waals surface area (Å²) < 4.78 is 1.49. The number of carbonyl (C=O) groups excluding carboxylic acids is 1. The summed E-state index contributed by atoms with van der Waals surface area (Å²) in [5, 5.41) is 15.8. The normalized spacial score (nSPS) is 11.9. The molecule has 6 nitrogen and oxygen atoms in total. The van der Waals surface area contributed by atoms with Gasteiger partial charge in [-0.3, -0.25) is 14.3 Å². The van der Waals surface area contributed by atoms with E-state index < -0.39 is 12.0 Å². The molecule has 2 aromatic rings. The number of aliphatic carboxylic acids is 1. The minimum absolute atomic E-state index is 0.0615. The highest BCUT2D eigenvalue weighted by molar-refractivity contribution is 7.98. The van der Waals surface area contributed by atoms with Crippen molar-refractivity contribution in [3.05, 3.63) is 48.3 Å². The Kier molecular flexibility index (Phi) is 5.60. The average Bonchev–Trinajstić information content (AvgIpc) is 2.99. The maximum Gasteiger partial charge on any atom is 0.305 e. The summed E-state index contributed by atoms with van der Waals surface area (Å²) in [6, 6.07) is 8.67. The fourth-order valence-electron chi connectivity index (χ4n) is 2.04. The first kappa shape index (κ1) is 16.1. The van der Waals surface area contributed by atoms with Crippen molar-refractivity contribution in [3.63, 3.8) is 0 Å². The lowest BCUT2D eigenvalue weighted by Gasteiger charge is -2.18. The summed E-state index contributed by atoms with van der Waals surface area (Å²) in [4.78, 5) is 24.1. The number of nitrogens with one attached hydrogen (secondary N) is 1. The van der Waals surface area contributed by atoms with Crippen molar-refractivity contribution in [3.8, 4) is 0 Å². The number of thioether (sulfide) groups is 1. The Morgan fingerprint density at radius 2 is 2.09 bits per heavy atom. The first-order valence-electron chi connectivity index (χ1n) is 6.71. The van der Waals surface area contributed by atoms with Crippen LogP contribution >= 0.6 is 11.8 Å². The van der Waals surface area contributed by atoms with Gasteiger partial charge in [-0.2, -0.15) is 5.10 Å². The average molecular weight is 319 g/mol. The third-order valence-electron chi connectivity index (χ3n) is 3.10. The number of carboxylic acid groups (broad SMARTS) is 1. The molecular formula is C15H17N3O3S. The first-order valence-corrected chi connectivity index (χ1v) is 7.93. The molecular weight excluding hydrogens is 302 g/mol. The second-order valence-corrected chi connectivity index (χ2v) is 5.57. The van der Waals surface area contributed by atoms with Crippen molar-refractivity contribution in [1.29, 1.82) is 0 Å². The first-order chi connectivity index (χ1) is 10.6. The minimum atomic E-state index is -0.960. The second-order valence-electron chi connectivity index (χ2n) is 4.69. The SMILES string of the molecule is CSc1ccc(C(CC(=O)O)NC(=O)Cn2cccn2)cc1. The Hall–Kier alpha value is -2.28. The number of rotatable bonds is 7. The van der Waals surface area contributed by atoms with Gasteiger partial charge in [-0.25, -0.2) is 0 Å². The van der Waals surface area contributed by atoms with E-state index in [0.29, 0.717) is 0 Å². The lowest BCUT2D eigenvalue weighted by atomic mass is 10.0. The predicted molar refractivity (Wildman–Crippen MR) is 83.6 cm³/mol. The molecule has 116 valence electrons. The fourth-order valence-corrected chi connectivity index (χ4v) is 2.45. The van der Waals surface area contributed by atoms with Gasteiger partial charge in [0.15, 0.2) is 0 Å². The van der Waals surface area contributed by atoms with Crippen molar-refractivity contribution in [2.45, 2.75) is 23.9 Å². The summed E-state index contributed by atoms with van der Waals surface area (Å²) in [7, 11) is 0. The van der Waals surface area contributed by atoms with Crippen molar-refractivity contribution in [1.82, 2.24) is 15.1 Å². The van der Waals surface area contributed by atoms with E-state index in [2.05, 4.69) is 10.4 Å². The van der Waals surface area contributed by atoms with E-state index in [1.807, 2.05) is 30.5 Å². The summed E-state index contributed by atoms with van der Waals surface area (Å²) >= 11 is 1.60. The van der Waals surface area contributed by atoms with Gasteiger partial charge < -0.3 is 10.4 Å². The van der Waals surface area contributed by atoms with Crippen LogP contribution in [-0.2, 0) is 16.1 Å². The number of carbonyl (C=O) groups is 2. The molecule has 1 unspecified atom stereocenters. The number of hydrogen-bond acceptors (Lipinski definition) is 4. The number of benzene rings is 1. The Bertz CT molecular complexity index is 626.